The Morgan fingerprint density at radius 2 is 1.90 bits per heavy atom. The number of hydrogen-bond donors (Lipinski definition) is 3. The van der Waals surface area contributed by atoms with Gasteiger partial charge < -0.3 is 15.7 Å². The monoisotopic (exact) mass is 391 g/mol. The quantitative estimate of drug-likeness (QED) is 0.494. The van der Waals surface area contributed by atoms with Crippen LogP contribution in [0, 0.1) is 6.92 Å². The van der Waals surface area contributed by atoms with Crippen molar-refractivity contribution < 1.29 is 5.11 Å². The molecule has 0 aliphatic heterocycles. The molecule has 1 fully saturated rings. The van der Waals surface area contributed by atoms with Gasteiger partial charge in [0.1, 0.15) is 5.82 Å². The molecule has 0 radical (unpaired) electrons. The Bertz CT molecular complexity index is 1170. The van der Waals surface area contributed by atoms with E-state index >= 15 is 0 Å². The van der Waals surface area contributed by atoms with Crippen molar-refractivity contribution >= 4 is 34.0 Å². The molecule has 0 saturated heterocycles. The third kappa shape index (κ3) is 3.40. The largest absolute Gasteiger partial charge is 0.393 e. The molecule has 0 bridgehead atoms. The van der Waals surface area contributed by atoms with Crippen molar-refractivity contribution in [2.45, 2.75) is 44.8 Å². The highest BCUT2D eigenvalue weighted by Crippen LogP contribution is 2.25. The average Bonchev–Trinajstić information content (AvgIpc) is 3.24. The zero-order chi connectivity index (χ0) is 20.0. The zero-order valence-corrected chi connectivity index (χ0v) is 16.6. The Labute approximate surface area is 168 Å². The van der Waals surface area contributed by atoms with E-state index in [2.05, 4.69) is 38.8 Å². The summed E-state index contributed by atoms with van der Waals surface area (Å²) in [6.07, 6.45) is 3.44. The number of aromatic nitrogens is 5. The first kappa shape index (κ1) is 17.9. The lowest BCUT2D eigenvalue weighted by molar-refractivity contribution is 0.126. The molecule has 150 valence electrons. The number of aliphatic hydroxyl groups is 1. The predicted octanol–water partition coefficient (Wildman–Crippen LogP) is 3.38. The van der Waals surface area contributed by atoms with Gasteiger partial charge in [0.15, 0.2) is 5.65 Å². The molecule has 3 heterocycles. The lowest BCUT2D eigenvalue weighted by Crippen LogP contribution is -2.29. The Morgan fingerprint density at radius 1 is 1.07 bits per heavy atom. The van der Waals surface area contributed by atoms with Crippen LogP contribution in [0.25, 0.3) is 16.6 Å². The lowest BCUT2D eigenvalue weighted by Gasteiger charge is -2.26. The minimum absolute atomic E-state index is 0.161. The van der Waals surface area contributed by atoms with Crippen molar-refractivity contribution in [2.24, 2.45) is 7.05 Å². The Kier molecular flexibility index (Phi) is 4.35. The second-order valence-corrected chi connectivity index (χ2v) is 7.83. The fourth-order valence-electron chi connectivity index (χ4n) is 4.03. The number of anilines is 3. The standard InChI is InChI=1S/C21H25N7O/c1-13-17-11-8-15(12-18(17)25-27(13)2)23-21-24-20-5-3-4-19(28(20)26-21)22-14-6-9-16(29)10-7-14/h3-5,8,11-12,14,16,22,29H,6-7,9-10H2,1-2H3,(H,23,26). The molecule has 0 atom stereocenters. The van der Waals surface area contributed by atoms with Gasteiger partial charge in [-0.25, -0.2) is 0 Å². The van der Waals surface area contributed by atoms with E-state index in [9.17, 15) is 5.11 Å². The summed E-state index contributed by atoms with van der Waals surface area (Å²) in [4.78, 5) is 4.61. The summed E-state index contributed by atoms with van der Waals surface area (Å²) in [6.45, 7) is 2.06. The maximum absolute atomic E-state index is 9.72. The van der Waals surface area contributed by atoms with Gasteiger partial charge in [0.05, 0.1) is 11.6 Å². The molecule has 0 spiro atoms. The SMILES string of the molecule is Cc1c2ccc(Nc3nc4cccc(NC5CCC(O)CC5)n4n3)cc2nn1C. The van der Waals surface area contributed by atoms with Crippen molar-refractivity contribution in [1.82, 2.24) is 24.4 Å². The summed E-state index contributed by atoms with van der Waals surface area (Å²) in [6, 6.07) is 12.4. The summed E-state index contributed by atoms with van der Waals surface area (Å²) in [7, 11) is 1.95. The maximum Gasteiger partial charge on any atom is 0.247 e. The molecule has 1 saturated carbocycles. The van der Waals surface area contributed by atoms with E-state index in [4.69, 9.17) is 0 Å². The van der Waals surface area contributed by atoms with E-state index in [1.54, 1.807) is 0 Å². The number of benzene rings is 1. The van der Waals surface area contributed by atoms with E-state index in [1.165, 1.54) is 0 Å². The molecule has 29 heavy (non-hydrogen) atoms. The van der Waals surface area contributed by atoms with Crippen LogP contribution in [-0.4, -0.2) is 41.6 Å². The van der Waals surface area contributed by atoms with Crippen molar-refractivity contribution in [2.75, 3.05) is 10.6 Å². The minimum Gasteiger partial charge on any atom is -0.393 e. The van der Waals surface area contributed by atoms with Gasteiger partial charge in [-0.2, -0.15) is 14.6 Å². The zero-order valence-electron chi connectivity index (χ0n) is 16.6. The van der Waals surface area contributed by atoms with Gasteiger partial charge in [-0.15, -0.1) is 5.10 Å². The number of hydrogen-bond acceptors (Lipinski definition) is 6. The Balaban J connectivity index is 1.40. The van der Waals surface area contributed by atoms with Crippen molar-refractivity contribution in [3.8, 4) is 0 Å². The number of aliphatic hydroxyl groups excluding tert-OH is 1. The Morgan fingerprint density at radius 3 is 2.72 bits per heavy atom. The normalized spacial score (nSPS) is 19.7. The van der Waals surface area contributed by atoms with Crippen LogP contribution in [0.5, 0.6) is 0 Å². The second-order valence-electron chi connectivity index (χ2n) is 7.83. The molecule has 3 aromatic heterocycles. The highest BCUT2D eigenvalue weighted by atomic mass is 16.3. The first-order valence-electron chi connectivity index (χ1n) is 10.1. The number of rotatable bonds is 4. The van der Waals surface area contributed by atoms with Crippen LogP contribution in [0.3, 0.4) is 0 Å². The topological polar surface area (TPSA) is 92.3 Å². The molecule has 3 N–H and O–H groups in total. The van der Waals surface area contributed by atoms with E-state index < -0.39 is 0 Å². The molecule has 4 aromatic rings. The van der Waals surface area contributed by atoms with Gasteiger partial charge in [-0.1, -0.05) is 6.07 Å². The molecule has 1 aromatic carbocycles. The predicted molar refractivity (Wildman–Crippen MR) is 114 cm³/mol. The van der Waals surface area contributed by atoms with Crippen molar-refractivity contribution in [3.05, 3.63) is 42.1 Å². The molecular formula is C21H25N7O. The fraction of sp³-hybridized carbons (Fsp3) is 0.381. The maximum atomic E-state index is 9.72. The van der Waals surface area contributed by atoms with Crippen LogP contribution < -0.4 is 10.6 Å². The van der Waals surface area contributed by atoms with Crippen molar-refractivity contribution in [1.29, 1.82) is 0 Å². The Hall–Kier alpha value is -3.13. The van der Waals surface area contributed by atoms with Crippen LogP contribution in [0.1, 0.15) is 31.4 Å². The lowest BCUT2D eigenvalue weighted by atomic mass is 9.93. The molecule has 0 amide bonds. The molecule has 1 aliphatic rings. The summed E-state index contributed by atoms with van der Waals surface area (Å²) < 4.78 is 3.72. The summed E-state index contributed by atoms with van der Waals surface area (Å²) in [5.74, 6) is 1.46. The number of pyridine rings is 1. The second kappa shape index (κ2) is 7.04. The third-order valence-electron chi connectivity index (χ3n) is 5.80. The average molecular weight is 391 g/mol. The first-order valence-corrected chi connectivity index (χ1v) is 10.1. The molecule has 8 heteroatoms. The van der Waals surface area contributed by atoms with Crippen LogP contribution >= 0.6 is 0 Å². The van der Waals surface area contributed by atoms with Gasteiger partial charge in [0.25, 0.3) is 0 Å². The van der Waals surface area contributed by atoms with Crippen molar-refractivity contribution in [3.63, 3.8) is 0 Å². The van der Waals surface area contributed by atoms with Gasteiger partial charge in [-0.3, -0.25) is 4.68 Å². The summed E-state index contributed by atoms with van der Waals surface area (Å²) >= 11 is 0. The molecule has 1 aliphatic carbocycles. The molecular weight excluding hydrogens is 366 g/mol. The van der Waals surface area contributed by atoms with Crippen LogP contribution in [0.2, 0.25) is 0 Å². The fourth-order valence-corrected chi connectivity index (χ4v) is 4.03. The highest BCUT2D eigenvalue weighted by molar-refractivity contribution is 5.85. The van der Waals surface area contributed by atoms with E-state index in [1.807, 2.05) is 46.6 Å². The van der Waals surface area contributed by atoms with E-state index in [-0.39, 0.29) is 6.10 Å². The van der Waals surface area contributed by atoms with Gasteiger partial charge in [0, 0.05) is 29.9 Å². The number of aryl methyl sites for hydroxylation is 2. The summed E-state index contributed by atoms with van der Waals surface area (Å²) in [5, 5.41) is 26.9. The number of nitrogens with zero attached hydrogens (tertiary/aromatic N) is 5. The van der Waals surface area contributed by atoms with Gasteiger partial charge >= 0.3 is 0 Å². The van der Waals surface area contributed by atoms with E-state index in [0.717, 1.165) is 59.4 Å². The number of fused-ring (bicyclic) bond motifs is 2. The van der Waals surface area contributed by atoms with Gasteiger partial charge in [-0.05, 0) is 62.9 Å². The molecule has 0 unspecified atom stereocenters. The van der Waals surface area contributed by atoms with E-state index in [0.29, 0.717) is 12.0 Å². The smallest absolute Gasteiger partial charge is 0.247 e. The number of nitrogens with one attached hydrogen (secondary N) is 2. The van der Waals surface area contributed by atoms with Crippen LogP contribution in [-0.2, 0) is 7.05 Å². The van der Waals surface area contributed by atoms with Crippen LogP contribution in [0.15, 0.2) is 36.4 Å². The summed E-state index contributed by atoms with van der Waals surface area (Å²) in [5.41, 5.74) is 3.77. The van der Waals surface area contributed by atoms with Gasteiger partial charge in [0.2, 0.25) is 5.95 Å². The third-order valence-corrected chi connectivity index (χ3v) is 5.80. The molecule has 5 rings (SSSR count). The first-order chi connectivity index (χ1) is 14.1. The highest BCUT2D eigenvalue weighted by Gasteiger charge is 2.20. The minimum atomic E-state index is -0.161. The van der Waals surface area contributed by atoms with Crippen LogP contribution in [0.4, 0.5) is 17.5 Å². The molecule has 8 nitrogen and oxygen atoms in total.